The van der Waals surface area contributed by atoms with Crippen LogP contribution in [0.4, 0.5) is 5.69 Å². The molecule has 0 fully saturated rings. The minimum absolute atomic E-state index is 0.105. The van der Waals surface area contributed by atoms with Gasteiger partial charge in [-0.15, -0.1) is 0 Å². The largest absolute Gasteiger partial charge is 0.494 e. The predicted molar refractivity (Wildman–Crippen MR) is 79.9 cm³/mol. The fraction of sp³-hybridized carbons (Fsp3) is 0.533. The van der Waals surface area contributed by atoms with Crippen LogP contribution >= 0.6 is 0 Å². The monoisotopic (exact) mass is 280 g/mol. The molecule has 1 amide bonds. The van der Waals surface area contributed by atoms with E-state index in [0.717, 1.165) is 0 Å². The summed E-state index contributed by atoms with van der Waals surface area (Å²) in [5, 5.41) is 15.2. The maximum absolute atomic E-state index is 11.8. The van der Waals surface area contributed by atoms with Gasteiger partial charge in [0.1, 0.15) is 5.75 Å². The zero-order valence-electron chi connectivity index (χ0n) is 12.6. The van der Waals surface area contributed by atoms with E-state index in [1.165, 1.54) is 0 Å². The highest BCUT2D eigenvalue weighted by Gasteiger charge is 2.12. The Bertz CT molecular complexity index is 453. The minimum Gasteiger partial charge on any atom is -0.494 e. The SMILES string of the molecule is CCOc1ccc(NC(=O)CNC(C)(C)C)cc1CO. The minimum atomic E-state index is -0.126. The Hall–Kier alpha value is -1.59. The number of ether oxygens (including phenoxy) is 1. The Morgan fingerprint density at radius 1 is 1.35 bits per heavy atom. The molecular weight excluding hydrogens is 256 g/mol. The van der Waals surface area contributed by atoms with Gasteiger partial charge in [0.2, 0.25) is 5.91 Å². The maximum Gasteiger partial charge on any atom is 0.238 e. The highest BCUT2D eigenvalue weighted by Crippen LogP contribution is 2.23. The first-order valence-corrected chi connectivity index (χ1v) is 6.77. The second kappa shape index (κ2) is 7.26. The molecule has 0 heterocycles. The molecule has 0 saturated carbocycles. The summed E-state index contributed by atoms with van der Waals surface area (Å²) in [7, 11) is 0. The van der Waals surface area contributed by atoms with Gasteiger partial charge in [-0.25, -0.2) is 0 Å². The molecule has 0 radical (unpaired) electrons. The Morgan fingerprint density at radius 2 is 2.05 bits per heavy atom. The third kappa shape index (κ3) is 5.59. The third-order valence-electron chi connectivity index (χ3n) is 2.59. The number of rotatable bonds is 6. The topological polar surface area (TPSA) is 70.6 Å². The van der Waals surface area contributed by atoms with E-state index in [1.807, 2.05) is 27.7 Å². The van der Waals surface area contributed by atoms with E-state index in [9.17, 15) is 9.90 Å². The molecule has 0 atom stereocenters. The number of amides is 1. The molecule has 0 aliphatic carbocycles. The summed E-state index contributed by atoms with van der Waals surface area (Å²) >= 11 is 0. The van der Waals surface area contributed by atoms with Gasteiger partial charge in [-0.3, -0.25) is 4.79 Å². The lowest BCUT2D eigenvalue weighted by molar-refractivity contribution is -0.115. The van der Waals surface area contributed by atoms with Crippen molar-refractivity contribution in [3.63, 3.8) is 0 Å². The first-order chi connectivity index (χ1) is 9.35. The Balaban J connectivity index is 2.66. The number of aliphatic hydroxyl groups excluding tert-OH is 1. The number of hydrogen-bond acceptors (Lipinski definition) is 4. The van der Waals surface area contributed by atoms with Crippen LogP contribution in [0.2, 0.25) is 0 Å². The second-order valence-electron chi connectivity index (χ2n) is 5.57. The first-order valence-electron chi connectivity index (χ1n) is 6.77. The van der Waals surface area contributed by atoms with Crippen molar-refractivity contribution in [3.05, 3.63) is 23.8 Å². The van der Waals surface area contributed by atoms with Crippen molar-refractivity contribution in [3.8, 4) is 5.75 Å². The lowest BCUT2D eigenvalue weighted by Crippen LogP contribution is -2.41. The van der Waals surface area contributed by atoms with Gasteiger partial charge in [0.15, 0.2) is 0 Å². The zero-order chi connectivity index (χ0) is 15.2. The molecule has 1 aromatic carbocycles. The molecule has 0 bridgehead atoms. The van der Waals surface area contributed by atoms with Crippen molar-refractivity contribution in [1.29, 1.82) is 0 Å². The molecule has 0 aliphatic heterocycles. The van der Waals surface area contributed by atoms with Crippen molar-refractivity contribution in [2.45, 2.75) is 39.8 Å². The Morgan fingerprint density at radius 3 is 2.60 bits per heavy atom. The van der Waals surface area contributed by atoms with Gasteiger partial charge in [-0.05, 0) is 45.9 Å². The van der Waals surface area contributed by atoms with Crippen molar-refractivity contribution in [2.24, 2.45) is 0 Å². The summed E-state index contributed by atoms with van der Waals surface area (Å²) in [6.45, 7) is 8.54. The predicted octanol–water partition coefficient (Wildman–Crippen LogP) is 1.90. The number of aliphatic hydroxyl groups is 1. The highest BCUT2D eigenvalue weighted by atomic mass is 16.5. The van der Waals surface area contributed by atoms with E-state index in [2.05, 4.69) is 10.6 Å². The molecule has 5 heteroatoms. The Labute approximate surface area is 120 Å². The van der Waals surface area contributed by atoms with E-state index in [4.69, 9.17) is 4.74 Å². The van der Waals surface area contributed by atoms with Gasteiger partial charge in [0.25, 0.3) is 0 Å². The number of nitrogens with one attached hydrogen (secondary N) is 2. The number of benzene rings is 1. The van der Waals surface area contributed by atoms with E-state index in [1.54, 1.807) is 18.2 Å². The van der Waals surface area contributed by atoms with Crippen molar-refractivity contribution in [2.75, 3.05) is 18.5 Å². The number of anilines is 1. The van der Waals surface area contributed by atoms with E-state index < -0.39 is 0 Å². The van der Waals surface area contributed by atoms with Gasteiger partial charge >= 0.3 is 0 Å². The summed E-state index contributed by atoms with van der Waals surface area (Å²) in [5.74, 6) is 0.522. The second-order valence-corrected chi connectivity index (χ2v) is 5.57. The molecule has 1 rings (SSSR count). The van der Waals surface area contributed by atoms with Gasteiger partial charge in [-0.2, -0.15) is 0 Å². The average molecular weight is 280 g/mol. The van der Waals surface area contributed by atoms with Crippen LogP contribution in [0, 0.1) is 0 Å². The number of hydrogen-bond donors (Lipinski definition) is 3. The van der Waals surface area contributed by atoms with Crippen LogP contribution in [-0.4, -0.2) is 29.7 Å². The van der Waals surface area contributed by atoms with Crippen LogP contribution in [0.3, 0.4) is 0 Å². The summed E-state index contributed by atoms with van der Waals surface area (Å²) in [6.07, 6.45) is 0. The third-order valence-corrected chi connectivity index (χ3v) is 2.59. The van der Waals surface area contributed by atoms with Gasteiger partial charge in [0, 0.05) is 16.8 Å². The highest BCUT2D eigenvalue weighted by molar-refractivity contribution is 5.92. The molecule has 0 saturated heterocycles. The van der Waals surface area contributed by atoms with Crippen LogP contribution in [0.15, 0.2) is 18.2 Å². The summed E-state index contributed by atoms with van der Waals surface area (Å²) in [5.41, 5.74) is 1.21. The molecule has 3 N–H and O–H groups in total. The fourth-order valence-electron chi connectivity index (χ4n) is 1.63. The molecule has 0 unspecified atom stereocenters. The number of carbonyl (C=O) groups excluding carboxylic acids is 1. The van der Waals surface area contributed by atoms with E-state index >= 15 is 0 Å². The quantitative estimate of drug-likeness (QED) is 0.744. The lowest BCUT2D eigenvalue weighted by atomic mass is 10.1. The normalized spacial score (nSPS) is 11.2. The van der Waals surface area contributed by atoms with Gasteiger partial charge < -0.3 is 20.5 Å². The molecule has 0 aromatic heterocycles. The van der Waals surface area contributed by atoms with Gasteiger partial charge in [-0.1, -0.05) is 0 Å². The fourth-order valence-corrected chi connectivity index (χ4v) is 1.63. The van der Waals surface area contributed by atoms with Crippen LogP contribution in [0.1, 0.15) is 33.3 Å². The lowest BCUT2D eigenvalue weighted by Gasteiger charge is -2.20. The van der Waals surface area contributed by atoms with Gasteiger partial charge in [0.05, 0.1) is 19.8 Å². The smallest absolute Gasteiger partial charge is 0.238 e. The molecule has 112 valence electrons. The standard InChI is InChI=1S/C15H24N2O3/c1-5-20-13-7-6-12(8-11(13)10-18)17-14(19)9-16-15(2,3)4/h6-8,16,18H,5,9-10H2,1-4H3,(H,17,19). The summed E-state index contributed by atoms with van der Waals surface area (Å²) in [4.78, 5) is 11.8. The van der Waals surface area contributed by atoms with Crippen LogP contribution in [0.25, 0.3) is 0 Å². The van der Waals surface area contributed by atoms with Crippen molar-refractivity contribution < 1.29 is 14.6 Å². The summed E-state index contributed by atoms with van der Waals surface area (Å²) in [6, 6.07) is 5.24. The molecular formula is C15H24N2O3. The van der Waals surface area contributed by atoms with Crippen LogP contribution in [0.5, 0.6) is 5.75 Å². The maximum atomic E-state index is 11.8. The van der Waals surface area contributed by atoms with E-state index in [0.29, 0.717) is 23.6 Å². The Kier molecular flexibility index (Phi) is 5.98. The number of carbonyl (C=O) groups is 1. The van der Waals surface area contributed by atoms with Crippen molar-refractivity contribution in [1.82, 2.24) is 5.32 Å². The molecule has 0 aliphatic rings. The van der Waals surface area contributed by atoms with Crippen LogP contribution in [-0.2, 0) is 11.4 Å². The molecule has 1 aromatic rings. The molecule has 0 spiro atoms. The molecule has 20 heavy (non-hydrogen) atoms. The van der Waals surface area contributed by atoms with Crippen molar-refractivity contribution >= 4 is 11.6 Å². The zero-order valence-corrected chi connectivity index (χ0v) is 12.6. The summed E-state index contributed by atoms with van der Waals surface area (Å²) < 4.78 is 5.39. The first kappa shape index (κ1) is 16.5. The van der Waals surface area contributed by atoms with Crippen LogP contribution < -0.4 is 15.4 Å². The van der Waals surface area contributed by atoms with E-state index in [-0.39, 0.29) is 24.6 Å². The average Bonchev–Trinajstić information content (AvgIpc) is 2.37. The molecule has 5 nitrogen and oxygen atoms in total.